The summed E-state index contributed by atoms with van der Waals surface area (Å²) in [5.41, 5.74) is 0.560. The van der Waals surface area contributed by atoms with Crippen LogP contribution in [-0.2, 0) is 6.54 Å². The molecule has 2 rings (SSSR count). The monoisotopic (exact) mass is 290 g/mol. The predicted molar refractivity (Wildman–Crippen MR) is 73.3 cm³/mol. The van der Waals surface area contributed by atoms with Crippen LogP contribution in [0.1, 0.15) is 0 Å². The maximum Gasteiger partial charge on any atom is 0.256 e. The van der Waals surface area contributed by atoms with Crippen molar-refractivity contribution in [2.45, 2.75) is 13.0 Å². The SMILES string of the molecule is N#CCOc1ccc(-c2cccc(=O)n2CC(F)F)cc1. The van der Waals surface area contributed by atoms with Gasteiger partial charge in [0.25, 0.3) is 12.0 Å². The van der Waals surface area contributed by atoms with Gasteiger partial charge in [0, 0.05) is 6.07 Å². The largest absolute Gasteiger partial charge is 0.479 e. The number of hydrogen-bond donors (Lipinski definition) is 0. The minimum Gasteiger partial charge on any atom is -0.479 e. The zero-order valence-electron chi connectivity index (χ0n) is 11.0. The standard InChI is InChI=1S/C15H12F2N2O2/c16-14(17)10-19-13(2-1-3-15(19)20)11-4-6-12(7-5-11)21-9-8-18/h1-7,14H,9-10H2. The molecule has 6 heteroatoms. The minimum atomic E-state index is -2.61. The van der Waals surface area contributed by atoms with Crippen molar-refractivity contribution < 1.29 is 13.5 Å². The van der Waals surface area contributed by atoms with Crippen molar-refractivity contribution >= 4 is 0 Å². The maximum absolute atomic E-state index is 12.6. The Morgan fingerprint density at radius 3 is 2.52 bits per heavy atom. The number of benzene rings is 1. The number of alkyl halides is 2. The first-order valence-corrected chi connectivity index (χ1v) is 6.20. The summed E-state index contributed by atoms with van der Waals surface area (Å²) in [6.07, 6.45) is -2.61. The molecule has 0 saturated heterocycles. The average molecular weight is 290 g/mol. The molecule has 0 aliphatic rings. The first-order chi connectivity index (χ1) is 10.1. The Morgan fingerprint density at radius 1 is 1.19 bits per heavy atom. The number of nitrogens with zero attached hydrogens (tertiary/aromatic N) is 2. The molecule has 4 nitrogen and oxygen atoms in total. The lowest BCUT2D eigenvalue weighted by molar-refractivity contribution is 0.126. The molecule has 0 atom stereocenters. The number of hydrogen-bond acceptors (Lipinski definition) is 3. The highest BCUT2D eigenvalue weighted by Crippen LogP contribution is 2.22. The van der Waals surface area contributed by atoms with Crippen molar-refractivity contribution in [3.8, 4) is 23.1 Å². The molecule has 0 bridgehead atoms. The fraction of sp³-hybridized carbons (Fsp3) is 0.200. The van der Waals surface area contributed by atoms with Gasteiger partial charge < -0.3 is 9.30 Å². The quantitative estimate of drug-likeness (QED) is 0.850. The van der Waals surface area contributed by atoms with Crippen LogP contribution in [0, 0.1) is 11.3 Å². The summed E-state index contributed by atoms with van der Waals surface area (Å²) < 4.78 is 31.3. The summed E-state index contributed by atoms with van der Waals surface area (Å²) in [6.45, 7) is -0.720. The molecule has 0 fully saturated rings. The second-order valence-corrected chi connectivity index (χ2v) is 4.22. The van der Waals surface area contributed by atoms with Crippen molar-refractivity contribution in [2.75, 3.05) is 6.61 Å². The molecule has 0 radical (unpaired) electrons. The lowest BCUT2D eigenvalue weighted by Crippen LogP contribution is -2.23. The molecule has 0 spiro atoms. The molecule has 0 unspecified atom stereocenters. The van der Waals surface area contributed by atoms with Gasteiger partial charge in [-0.25, -0.2) is 8.78 Å². The van der Waals surface area contributed by atoms with E-state index in [0.29, 0.717) is 17.0 Å². The third-order valence-electron chi connectivity index (χ3n) is 2.82. The molecule has 0 aliphatic carbocycles. The molecule has 0 N–H and O–H groups in total. The highest BCUT2D eigenvalue weighted by molar-refractivity contribution is 5.60. The number of aromatic nitrogens is 1. The molecule has 1 heterocycles. The second-order valence-electron chi connectivity index (χ2n) is 4.22. The van der Waals surface area contributed by atoms with E-state index in [0.717, 1.165) is 4.57 Å². The lowest BCUT2D eigenvalue weighted by atomic mass is 10.1. The lowest BCUT2D eigenvalue weighted by Gasteiger charge is -2.12. The summed E-state index contributed by atoms with van der Waals surface area (Å²) in [5, 5.41) is 8.43. The zero-order chi connectivity index (χ0) is 15.2. The summed E-state index contributed by atoms with van der Waals surface area (Å²) in [4.78, 5) is 11.7. The minimum absolute atomic E-state index is 0.0687. The van der Waals surface area contributed by atoms with E-state index >= 15 is 0 Å². The number of pyridine rings is 1. The van der Waals surface area contributed by atoms with Crippen molar-refractivity contribution in [1.82, 2.24) is 4.57 Å². The van der Waals surface area contributed by atoms with Crippen molar-refractivity contribution in [3.63, 3.8) is 0 Å². The van der Waals surface area contributed by atoms with Crippen LogP contribution in [0.3, 0.4) is 0 Å². The number of ether oxygens (including phenoxy) is 1. The Morgan fingerprint density at radius 2 is 1.90 bits per heavy atom. The molecular weight excluding hydrogens is 278 g/mol. The normalized spacial score (nSPS) is 10.4. The fourth-order valence-corrected chi connectivity index (χ4v) is 1.94. The molecule has 1 aromatic carbocycles. The van der Waals surface area contributed by atoms with Gasteiger partial charge in [0.15, 0.2) is 6.61 Å². The van der Waals surface area contributed by atoms with Gasteiger partial charge in [-0.1, -0.05) is 6.07 Å². The Bertz CT molecular complexity index is 703. The molecule has 1 aromatic heterocycles. The average Bonchev–Trinajstić information content (AvgIpc) is 2.47. The van der Waals surface area contributed by atoms with Crippen molar-refractivity contribution in [2.24, 2.45) is 0 Å². The van der Waals surface area contributed by atoms with Gasteiger partial charge in [-0.05, 0) is 35.9 Å². The summed E-state index contributed by atoms with van der Waals surface area (Å²) in [6, 6.07) is 12.8. The first kappa shape index (κ1) is 14.7. The van der Waals surface area contributed by atoms with E-state index in [9.17, 15) is 13.6 Å². The van der Waals surface area contributed by atoms with E-state index < -0.39 is 18.5 Å². The van der Waals surface area contributed by atoms with Gasteiger partial charge in [-0.15, -0.1) is 0 Å². The van der Waals surface area contributed by atoms with Crippen molar-refractivity contribution in [1.29, 1.82) is 5.26 Å². The fourth-order valence-electron chi connectivity index (χ4n) is 1.94. The van der Waals surface area contributed by atoms with Crippen LogP contribution in [0.25, 0.3) is 11.3 Å². The topological polar surface area (TPSA) is 55.0 Å². The number of nitriles is 1. The number of rotatable bonds is 5. The van der Waals surface area contributed by atoms with E-state index in [-0.39, 0.29) is 6.61 Å². The molecule has 0 amide bonds. The summed E-state index contributed by atoms with van der Waals surface area (Å²) >= 11 is 0. The van der Waals surface area contributed by atoms with Crippen LogP contribution in [-0.4, -0.2) is 17.6 Å². The smallest absolute Gasteiger partial charge is 0.256 e. The van der Waals surface area contributed by atoms with Crippen LogP contribution in [0.15, 0.2) is 47.3 Å². The first-order valence-electron chi connectivity index (χ1n) is 6.20. The van der Waals surface area contributed by atoms with Gasteiger partial charge in [-0.3, -0.25) is 4.79 Å². The highest BCUT2D eigenvalue weighted by Gasteiger charge is 2.11. The Kier molecular flexibility index (Phi) is 4.67. The van der Waals surface area contributed by atoms with Crippen LogP contribution in [0.5, 0.6) is 5.75 Å². The van der Waals surface area contributed by atoms with Gasteiger partial charge >= 0.3 is 0 Å². The Labute approximate surface area is 119 Å². The third-order valence-corrected chi connectivity index (χ3v) is 2.82. The van der Waals surface area contributed by atoms with Crippen molar-refractivity contribution in [3.05, 3.63) is 52.8 Å². The molecular formula is C15H12F2N2O2. The molecule has 2 aromatic rings. The Balaban J connectivity index is 2.36. The second kappa shape index (κ2) is 6.66. The van der Waals surface area contributed by atoms with Crippen LogP contribution >= 0.6 is 0 Å². The van der Waals surface area contributed by atoms with Gasteiger partial charge in [0.05, 0.1) is 12.2 Å². The van der Waals surface area contributed by atoms with Gasteiger partial charge in [-0.2, -0.15) is 5.26 Å². The van der Waals surface area contributed by atoms with E-state index in [1.54, 1.807) is 30.3 Å². The van der Waals surface area contributed by atoms with E-state index in [1.165, 1.54) is 12.1 Å². The van der Waals surface area contributed by atoms with Crippen LogP contribution < -0.4 is 10.3 Å². The van der Waals surface area contributed by atoms with Gasteiger partial charge in [0.1, 0.15) is 11.8 Å². The summed E-state index contributed by atoms with van der Waals surface area (Å²) in [7, 11) is 0. The third kappa shape index (κ3) is 3.66. The maximum atomic E-state index is 12.6. The molecule has 0 aliphatic heterocycles. The molecule has 21 heavy (non-hydrogen) atoms. The molecule has 0 saturated carbocycles. The van der Waals surface area contributed by atoms with E-state index in [2.05, 4.69) is 0 Å². The van der Waals surface area contributed by atoms with Crippen LogP contribution in [0.2, 0.25) is 0 Å². The Hall–Kier alpha value is -2.68. The van der Waals surface area contributed by atoms with E-state index in [4.69, 9.17) is 10.00 Å². The van der Waals surface area contributed by atoms with E-state index in [1.807, 2.05) is 6.07 Å². The van der Waals surface area contributed by atoms with Gasteiger partial charge in [0.2, 0.25) is 0 Å². The predicted octanol–water partition coefficient (Wildman–Crippen LogP) is 2.68. The van der Waals surface area contributed by atoms with Crippen LogP contribution in [0.4, 0.5) is 8.78 Å². The highest BCUT2D eigenvalue weighted by atomic mass is 19.3. The molecule has 108 valence electrons. The summed E-state index contributed by atoms with van der Waals surface area (Å²) in [5.74, 6) is 0.499. The zero-order valence-corrected chi connectivity index (χ0v) is 11.0. The number of halogens is 2.